The number of likely N-dealkylation sites (tertiary alicyclic amines) is 1. The molecule has 1 atom stereocenters. The first-order valence-corrected chi connectivity index (χ1v) is 11.9. The van der Waals surface area contributed by atoms with E-state index >= 15 is 0 Å². The van der Waals surface area contributed by atoms with E-state index in [2.05, 4.69) is 37.5 Å². The number of hydrogen-bond acceptors (Lipinski definition) is 5. The third-order valence-corrected chi connectivity index (χ3v) is 6.93. The maximum atomic E-state index is 13.5. The number of pyridine rings is 1. The topological polar surface area (TPSA) is 79.7 Å². The van der Waals surface area contributed by atoms with Crippen LogP contribution in [0.3, 0.4) is 0 Å². The van der Waals surface area contributed by atoms with Gasteiger partial charge in [-0.1, -0.05) is 37.1 Å². The van der Waals surface area contributed by atoms with Crippen LogP contribution in [0.5, 0.6) is 0 Å². The van der Waals surface area contributed by atoms with Crippen molar-refractivity contribution < 1.29 is 4.39 Å². The van der Waals surface area contributed by atoms with Gasteiger partial charge in [-0.3, -0.25) is 9.69 Å². The van der Waals surface area contributed by atoms with Crippen molar-refractivity contribution in [3.63, 3.8) is 0 Å². The molecular weight excluding hydrogens is 431 g/mol. The number of fused-ring (bicyclic) bond motifs is 1. The summed E-state index contributed by atoms with van der Waals surface area (Å²) in [7, 11) is 0. The molecule has 0 spiro atoms. The predicted molar refractivity (Wildman–Crippen MR) is 129 cm³/mol. The second kappa shape index (κ2) is 9.46. The molecule has 0 aliphatic carbocycles. The fraction of sp³-hybridized carbons (Fsp3) is 0.385. The maximum Gasteiger partial charge on any atom is 0.253 e. The number of aromatic amines is 1. The van der Waals surface area contributed by atoms with Crippen molar-refractivity contribution >= 4 is 10.9 Å². The summed E-state index contributed by atoms with van der Waals surface area (Å²) in [4.78, 5) is 18.9. The zero-order chi connectivity index (χ0) is 23.7. The first-order valence-electron chi connectivity index (χ1n) is 11.9. The Kier molecular flexibility index (Phi) is 6.24. The summed E-state index contributed by atoms with van der Waals surface area (Å²) in [6, 6.07) is 12.1. The Labute approximate surface area is 197 Å². The van der Waals surface area contributed by atoms with Crippen molar-refractivity contribution in [3.05, 3.63) is 86.7 Å². The minimum Gasteiger partial charge on any atom is -0.321 e. The van der Waals surface area contributed by atoms with Crippen LogP contribution in [0.15, 0.2) is 47.3 Å². The summed E-state index contributed by atoms with van der Waals surface area (Å²) in [6.45, 7) is 6.22. The van der Waals surface area contributed by atoms with E-state index in [9.17, 15) is 9.18 Å². The van der Waals surface area contributed by atoms with Gasteiger partial charge in [0.2, 0.25) is 0 Å². The minimum atomic E-state index is -0.372. The van der Waals surface area contributed by atoms with E-state index in [4.69, 9.17) is 0 Å². The Balaban J connectivity index is 1.62. The predicted octanol–water partition coefficient (Wildman–Crippen LogP) is 4.28. The van der Waals surface area contributed by atoms with Crippen molar-refractivity contribution in [1.29, 1.82) is 0 Å². The van der Waals surface area contributed by atoms with Crippen LogP contribution in [0.25, 0.3) is 10.9 Å². The van der Waals surface area contributed by atoms with Crippen molar-refractivity contribution in [2.24, 2.45) is 0 Å². The number of nitrogens with zero attached hydrogens (tertiary/aromatic N) is 5. The third kappa shape index (κ3) is 4.37. The molecule has 0 saturated carbocycles. The van der Waals surface area contributed by atoms with Crippen molar-refractivity contribution in [1.82, 2.24) is 30.1 Å². The molecule has 5 rings (SSSR count). The number of nitrogens with one attached hydrogen (secondary N) is 1. The first kappa shape index (κ1) is 22.4. The zero-order valence-electron chi connectivity index (χ0n) is 19.6. The van der Waals surface area contributed by atoms with Crippen LogP contribution >= 0.6 is 0 Å². The first-order chi connectivity index (χ1) is 16.5. The molecule has 0 amide bonds. The molecule has 176 valence electrons. The van der Waals surface area contributed by atoms with Gasteiger partial charge in [-0.15, -0.1) is 5.10 Å². The van der Waals surface area contributed by atoms with Crippen LogP contribution in [0.1, 0.15) is 59.8 Å². The number of tetrazole rings is 1. The molecule has 3 heterocycles. The van der Waals surface area contributed by atoms with Crippen LogP contribution in [0.4, 0.5) is 4.39 Å². The van der Waals surface area contributed by atoms with Gasteiger partial charge in [0.1, 0.15) is 11.9 Å². The highest BCUT2D eigenvalue weighted by molar-refractivity contribution is 5.83. The summed E-state index contributed by atoms with van der Waals surface area (Å²) in [5.41, 5.74) is 4.51. The Bertz CT molecular complexity index is 1350. The summed E-state index contributed by atoms with van der Waals surface area (Å²) >= 11 is 0. The highest BCUT2D eigenvalue weighted by Crippen LogP contribution is 2.30. The average Bonchev–Trinajstić information content (AvgIpc) is 3.10. The summed E-state index contributed by atoms with van der Waals surface area (Å²) < 4.78 is 15.1. The molecule has 34 heavy (non-hydrogen) atoms. The van der Waals surface area contributed by atoms with Gasteiger partial charge < -0.3 is 4.98 Å². The lowest BCUT2D eigenvalue weighted by Gasteiger charge is -2.29. The SMILES string of the molecule is Cc1ccc2cc([C@H](c3nnnn3Cc3ccc(F)cc3)N3CCCCCC3)c(=O)[nH]c2c1C. The van der Waals surface area contributed by atoms with Crippen LogP contribution in [0.2, 0.25) is 0 Å². The van der Waals surface area contributed by atoms with Gasteiger partial charge in [0.15, 0.2) is 5.82 Å². The molecule has 0 bridgehead atoms. The molecule has 1 saturated heterocycles. The lowest BCUT2D eigenvalue weighted by atomic mass is 10.00. The normalized spacial score (nSPS) is 16.0. The highest BCUT2D eigenvalue weighted by Gasteiger charge is 2.31. The molecule has 8 heteroatoms. The molecule has 1 aliphatic heterocycles. The molecule has 0 radical (unpaired) electrons. The molecule has 2 aromatic heterocycles. The number of rotatable bonds is 5. The number of hydrogen-bond donors (Lipinski definition) is 1. The van der Waals surface area contributed by atoms with Gasteiger partial charge >= 0.3 is 0 Å². The van der Waals surface area contributed by atoms with Crippen LogP contribution in [-0.4, -0.2) is 43.2 Å². The van der Waals surface area contributed by atoms with Gasteiger partial charge in [0, 0.05) is 5.56 Å². The Morgan fingerprint density at radius 3 is 2.50 bits per heavy atom. The molecule has 1 aliphatic rings. The van der Waals surface area contributed by atoms with E-state index < -0.39 is 0 Å². The molecule has 1 N–H and O–H groups in total. The monoisotopic (exact) mass is 460 g/mol. The molecule has 4 aromatic rings. The van der Waals surface area contributed by atoms with E-state index in [1.54, 1.807) is 16.8 Å². The molecular formula is C26H29FN6O. The van der Waals surface area contributed by atoms with Crippen molar-refractivity contribution in [2.75, 3.05) is 13.1 Å². The second-order valence-electron chi connectivity index (χ2n) is 9.20. The van der Waals surface area contributed by atoms with E-state index in [0.717, 1.165) is 53.5 Å². The Morgan fingerprint density at radius 1 is 1.03 bits per heavy atom. The number of aromatic nitrogens is 5. The second-order valence-corrected chi connectivity index (χ2v) is 9.20. The number of halogens is 1. The Hall–Kier alpha value is -3.39. The Morgan fingerprint density at radius 2 is 1.76 bits per heavy atom. The lowest BCUT2D eigenvalue weighted by molar-refractivity contribution is 0.220. The fourth-order valence-corrected chi connectivity index (χ4v) is 4.88. The van der Waals surface area contributed by atoms with Gasteiger partial charge in [-0.2, -0.15) is 0 Å². The van der Waals surface area contributed by atoms with Gasteiger partial charge in [-0.05, 0) is 90.5 Å². The average molecular weight is 461 g/mol. The van der Waals surface area contributed by atoms with E-state index in [-0.39, 0.29) is 17.4 Å². The summed E-state index contributed by atoms with van der Waals surface area (Å²) in [6.07, 6.45) is 4.49. The highest BCUT2D eigenvalue weighted by atomic mass is 19.1. The van der Waals surface area contributed by atoms with Gasteiger partial charge in [-0.25, -0.2) is 9.07 Å². The van der Waals surface area contributed by atoms with Crippen molar-refractivity contribution in [2.45, 2.75) is 52.1 Å². The molecule has 7 nitrogen and oxygen atoms in total. The molecule has 2 aromatic carbocycles. The van der Waals surface area contributed by atoms with E-state index in [1.165, 1.54) is 25.0 Å². The van der Waals surface area contributed by atoms with Gasteiger partial charge in [0.25, 0.3) is 5.56 Å². The van der Waals surface area contributed by atoms with Crippen LogP contribution < -0.4 is 5.56 Å². The number of benzene rings is 2. The number of H-pyrrole nitrogens is 1. The fourth-order valence-electron chi connectivity index (χ4n) is 4.88. The summed E-state index contributed by atoms with van der Waals surface area (Å²) in [5, 5.41) is 13.6. The third-order valence-electron chi connectivity index (χ3n) is 6.93. The van der Waals surface area contributed by atoms with Gasteiger partial charge in [0.05, 0.1) is 12.1 Å². The quantitative estimate of drug-likeness (QED) is 0.481. The van der Waals surface area contributed by atoms with Crippen LogP contribution in [-0.2, 0) is 6.54 Å². The van der Waals surface area contributed by atoms with E-state index in [1.807, 2.05) is 19.9 Å². The van der Waals surface area contributed by atoms with E-state index in [0.29, 0.717) is 17.9 Å². The smallest absolute Gasteiger partial charge is 0.253 e. The molecule has 1 fully saturated rings. The zero-order valence-corrected chi connectivity index (χ0v) is 19.6. The van der Waals surface area contributed by atoms with Crippen LogP contribution in [0, 0.1) is 19.7 Å². The largest absolute Gasteiger partial charge is 0.321 e. The lowest BCUT2D eigenvalue weighted by Crippen LogP contribution is -2.36. The standard InChI is InChI=1S/C26H29FN6O/c1-17-7-10-20-15-22(26(34)28-23(20)18(17)2)24(32-13-5-3-4-6-14-32)25-29-30-31-33(25)16-19-8-11-21(27)12-9-19/h7-12,15,24H,3-6,13-14,16H2,1-2H3,(H,28,34)/t24-/m1/s1. The minimum absolute atomic E-state index is 0.119. The number of aryl methyl sites for hydroxylation is 2. The molecule has 0 unspecified atom stereocenters. The van der Waals surface area contributed by atoms with Crippen molar-refractivity contribution in [3.8, 4) is 0 Å². The maximum absolute atomic E-state index is 13.5. The summed E-state index contributed by atoms with van der Waals surface area (Å²) in [5.74, 6) is 0.344.